The van der Waals surface area contributed by atoms with Crippen molar-refractivity contribution < 1.29 is 13.9 Å². The van der Waals surface area contributed by atoms with Crippen LogP contribution in [0.2, 0.25) is 0 Å². The average molecular weight is 293 g/mol. The van der Waals surface area contributed by atoms with E-state index in [0.29, 0.717) is 6.54 Å². The number of methoxy groups -OCH3 is 1. The van der Waals surface area contributed by atoms with Crippen molar-refractivity contribution in [3.05, 3.63) is 35.6 Å². The molecule has 1 fully saturated rings. The Morgan fingerprint density at radius 3 is 2.86 bits per heavy atom. The van der Waals surface area contributed by atoms with E-state index in [1.807, 2.05) is 0 Å². The summed E-state index contributed by atoms with van der Waals surface area (Å²) in [4.78, 5) is 18.5. The number of carbonyl (C=O) groups excluding carboxylic acids is 1. The summed E-state index contributed by atoms with van der Waals surface area (Å²) in [5, 5.41) is 2.54. The van der Waals surface area contributed by atoms with Gasteiger partial charge in [-0.2, -0.15) is 0 Å². The van der Waals surface area contributed by atoms with E-state index in [-0.39, 0.29) is 11.6 Å². The lowest BCUT2D eigenvalue weighted by atomic mass is 10.2. The molecule has 0 aliphatic carbocycles. The summed E-state index contributed by atoms with van der Waals surface area (Å²) < 4.78 is 18.1. The zero-order valence-corrected chi connectivity index (χ0v) is 12.1. The molecule has 1 aromatic rings. The second-order valence-electron chi connectivity index (χ2n) is 4.90. The van der Waals surface area contributed by atoms with Crippen LogP contribution in [0, 0.1) is 5.82 Å². The summed E-state index contributed by atoms with van der Waals surface area (Å²) in [6.07, 6.45) is 2.47. The first-order valence-electron chi connectivity index (χ1n) is 7.07. The Kier molecular flexibility index (Phi) is 5.68. The van der Waals surface area contributed by atoms with E-state index in [1.54, 1.807) is 0 Å². The number of benzene rings is 1. The molecule has 0 aromatic heterocycles. The number of ether oxygens (including phenoxy) is 1. The van der Waals surface area contributed by atoms with E-state index < -0.39 is 11.7 Å². The Bertz CT molecular complexity index is 513. The molecular weight excluding hydrogens is 273 g/mol. The SMILES string of the molecule is COC(=NCCN1CCCC1)NC(=O)c1cccc(F)c1. The number of carbonyl (C=O) groups is 1. The van der Waals surface area contributed by atoms with Crippen molar-refractivity contribution in [3.8, 4) is 0 Å². The largest absolute Gasteiger partial charge is 0.468 e. The van der Waals surface area contributed by atoms with E-state index in [1.165, 1.54) is 44.2 Å². The van der Waals surface area contributed by atoms with Gasteiger partial charge in [0.15, 0.2) is 0 Å². The fourth-order valence-corrected chi connectivity index (χ4v) is 2.25. The summed E-state index contributed by atoms with van der Waals surface area (Å²) >= 11 is 0. The Labute approximate surface area is 123 Å². The number of rotatable bonds is 4. The van der Waals surface area contributed by atoms with Gasteiger partial charge in [0.2, 0.25) is 0 Å². The van der Waals surface area contributed by atoms with Gasteiger partial charge in [-0.05, 0) is 44.1 Å². The van der Waals surface area contributed by atoms with Gasteiger partial charge in [-0.1, -0.05) is 6.07 Å². The Balaban J connectivity index is 1.87. The monoisotopic (exact) mass is 293 g/mol. The predicted octanol–water partition coefficient (Wildman–Crippen LogP) is 1.65. The second-order valence-corrected chi connectivity index (χ2v) is 4.90. The average Bonchev–Trinajstić information content (AvgIpc) is 2.99. The van der Waals surface area contributed by atoms with Crippen molar-refractivity contribution in [3.63, 3.8) is 0 Å². The Morgan fingerprint density at radius 1 is 1.43 bits per heavy atom. The number of likely N-dealkylation sites (tertiary alicyclic amines) is 1. The zero-order valence-electron chi connectivity index (χ0n) is 12.1. The highest BCUT2D eigenvalue weighted by Gasteiger charge is 2.12. The van der Waals surface area contributed by atoms with Crippen molar-refractivity contribution in [1.29, 1.82) is 0 Å². The molecule has 0 saturated carbocycles. The lowest BCUT2D eigenvalue weighted by Gasteiger charge is -2.13. The van der Waals surface area contributed by atoms with E-state index in [4.69, 9.17) is 4.74 Å². The molecule has 21 heavy (non-hydrogen) atoms. The fourth-order valence-electron chi connectivity index (χ4n) is 2.25. The van der Waals surface area contributed by atoms with Gasteiger partial charge >= 0.3 is 0 Å². The van der Waals surface area contributed by atoms with Crippen LogP contribution >= 0.6 is 0 Å². The van der Waals surface area contributed by atoms with Crippen LogP contribution in [0.4, 0.5) is 4.39 Å². The second kappa shape index (κ2) is 7.73. The normalized spacial score (nSPS) is 16.0. The first kappa shape index (κ1) is 15.4. The molecule has 1 aromatic carbocycles. The van der Waals surface area contributed by atoms with Gasteiger partial charge in [0.1, 0.15) is 5.82 Å². The molecule has 1 saturated heterocycles. The molecule has 0 atom stereocenters. The van der Waals surface area contributed by atoms with Crippen molar-refractivity contribution in [2.75, 3.05) is 33.3 Å². The van der Waals surface area contributed by atoms with Gasteiger partial charge in [-0.15, -0.1) is 0 Å². The number of hydrogen-bond acceptors (Lipinski definition) is 4. The summed E-state index contributed by atoms with van der Waals surface area (Å²) in [6, 6.07) is 5.64. The molecule has 1 amide bonds. The van der Waals surface area contributed by atoms with Crippen LogP contribution in [0.3, 0.4) is 0 Å². The van der Waals surface area contributed by atoms with E-state index in [0.717, 1.165) is 19.6 Å². The van der Waals surface area contributed by atoms with E-state index >= 15 is 0 Å². The van der Waals surface area contributed by atoms with Gasteiger partial charge in [0.25, 0.3) is 11.9 Å². The molecule has 6 heteroatoms. The predicted molar refractivity (Wildman–Crippen MR) is 78.9 cm³/mol. The number of aliphatic imine (C=N–C) groups is 1. The van der Waals surface area contributed by atoms with Gasteiger partial charge in [-0.25, -0.2) is 9.38 Å². The van der Waals surface area contributed by atoms with Gasteiger partial charge in [-0.3, -0.25) is 10.1 Å². The Hall–Kier alpha value is -1.95. The lowest BCUT2D eigenvalue weighted by molar-refractivity contribution is 0.0968. The van der Waals surface area contributed by atoms with Crippen molar-refractivity contribution in [1.82, 2.24) is 10.2 Å². The van der Waals surface area contributed by atoms with E-state index in [2.05, 4.69) is 15.2 Å². The number of halogens is 1. The minimum Gasteiger partial charge on any atom is -0.468 e. The molecule has 0 radical (unpaired) electrons. The summed E-state index contributed by atoms with van der Waals surface area (Å²) in [6.45, 7) is 3.62. The molecule has 0 spiro atoms. The third kappa shape index (κ3) is 4.82. The molecule has 1 N–H and O–H groups in total. The molecule has 114 valence electrons. The van der Waals surface area contributed by atoms with Crippen LogP contribution in [0.15, 0.2) is 29.3 Å². The van der Waals surface area contributed by atoms with Crippen molar-refractivity contribution in [2.45, 2.75) is 12.8 Å². The molecule has 0 unspecified atom stereocenters. The maximum Gasteiger partial charge on any atom is 0.291 e. The maximum atomic E-state index is 13.1. The highest BCUT2D eigenvalue weighted by atomic mass is 19.1. The Morgan fingerprint density at radius 2 is 2.19 bits per heavy atom. The third-order valence-corrected chi connectivity index (χ3v) is 3.37. The highest BCUT2D eigenvalue weighted by Crippen LogP contribution is 2.06. The molecule has 1 heterocycles. The first-order valence-corrected chi connectivity index (χ1v) is 7.07. The van der Waals surface area contributed by atoms with Crippen LogP contribution in [0.5, 0.6) is 0 Å². The molecule has 2 rings (SSSR count). The third-order valence-electron chi connectivity index (χ3n) is 3.37. The molecular formula is C15H20FN3O2. The number of hydrogen-bond donors (Lipinski definition) is 1. The smallest absolute Gasteiger partial charge is 0.291 e. The number of nitrogens with one attached hydrogen (secondary N) is 1. The number of amides is 1. The standard InChI is InChI=1S/C15H20FN3O2/c1-21-15(17-7-10-19-8-2-3-9-19)18-14(20)12-5-4-6-13(16)11-12/h4-6,11H,2-3,7-10H2,1H3,(H,17,18,20). The molecule has 0 bridgehead atoms. The van der Waals surface area contributed by atoms with Crippen LogP contribution in [-0.2, 0) is 4.74 Å². The van der Waals surface area contributed by atoms with Gasteiger partial charge in [0.05, 0.1) is 13.7 Å². The molecule has 5 nitrogen and oxygen atoms in total. The molecule has 1 aliphatic rings. The minimum absolute atomic E-state index is 0.156. The zero-order chi connectivity index (χ0) is 15.1. The molecule has 1 aliphatic heterocycles. The minimum atomic E-state index is -0.451. The van der Waals surface area contributed by atoms with Crippen LogP contribution in [0.25, 0.3) is 0 Å². The first-order chi connectivity index (χ1) is 10.2. The van der Waals surface area contributed by atoms with Crippen molar-refractivity contribution >= 4 is 11.9 Å². The number of nitrogens with zero attached hydrogens (tertiary/aromatic N) is 2. The van der Waals surface area contributed by atoms with Crippen LogP contribution < -0.4 is 5.32 Å². The van der Waals surface area contributed by atoms with E-state index in [9.17, 15) is 9.18 Å². The van der Waals surface area contributed by atoms with Gasteiger partial charge in [0, 0.05) is 12.1 Å². The lowest BCUT2D eigenvalue weighted by Crippen LogP contribution is -2.33. The summed E-state index contributed by atoms with van der Waals surface area (Å²) in [5.74, 6) is -0.885. The summed E-state index contributed by atoms with van der Waals surface area (Å²) in [7, 11) is 1.44. The van der Waals surface area contributed by atoms with Crippen molar-refractivity contribution in [2.24, 2.45) is 4.99 Å². The fraction of sp³-hybridized carbons (Fsp3) is 0.467. The van der Waals surface area contributed by atoms with Gasteiger partial charge < -0.3 is 9.64 Å². The number of amidine groups is 1. The summed E-state index contributed by atoms with van der Waals surface area (Å²) in [5.41, 5.74) is 0.235. The van der Waals surface area contributed by atoms with Crippen LogP contribution in [-0.4, -0.2) is 50.1 Å². The topological polar surface area (TPSA) is 53.9 Å². The quantitative estimate of drug-likeness (QED) is 0.678. The van der Waals surface area contributed by atoms with Crippen LogP contribution in [0.1, 0.15) is 23.2 Å². The maximum absolute atomic E-state index is 13.1. The highest BCUT2D eigenvalue weighted by molar-refractivity contribution is 6.04.